The van der Waals surface area contributed by atoms with E-state index in [0.717, 1.165) is 0 Å². The normalized spacial score (nSPS) is 18.8. The Labute approximate surface area is 124 Å². The van der Waals surface area contributed by atoms with E-state index in [-0.39, 0.29) is 18.7 Å². The summed E-state index contributed by atoms with van der Waals surface area (Å²) in [5.74, 6) is -3.25. The molecular formula is C14H14F3NO4. The molecule has 1 atom stereocenters. The van der Waals surface area contributed by atoms with Crippen LogP contribution in [0.25, 0.3) is 0 Å². The van der Waals surface area contributed by atoms with E-state index in [2.05, 4.69) is 0 Å². The number of fused-ring (bicyclic) bond motifs is 1. The summed E-state index contributed by atoms with van der Waals surface area (Å²) in [5.41, 5.74) is 0.965. The van der Waals surface area contributed by atoms with Crippen molar-refractivity contribution >= 4 is 11.9 Å². The van der Waals surface area contributed by atoms with Crippen LogP contribution in [-0.4, -0.2) is 39.7 Å². The molecule has 0 saturated carbocycles. The molecule has 0 radical (unpaired) electrons. The lowest BCUT2D eigenvalue weighted by molar-refractivity contribution is -0.165. The summed E-state index contributed by atoms with van der Waals surface area (Å²) in [4.78, 5) is 23.7. The van der Waals surface area contributed by atoms with Gasteiger partial charge in [-0.1, -0.05) is 6.07 Å². The summed E-state index contributed by atoms with van der Waals surface area (Å²) in [6, 6.07) is 4.17. The number of carboxylic acid groups (broad SMARTS) is 1. The van der Waals surface area contributed by atoms with Crippen LogP contribution in [-0.2, 0) is 22.6 Å². The third-order valence-corrected chi connectivity index (χ3v) is 3.47. The first kappa shape index (κ1) is 16.1. The zero-order chi connectivity index (χ0) is 16.5. The van der Waals surface area contributed by atoms with Gasteiger partial charge in [0.1, 0.15) is 12.3 Å². The molecule has 120 valence electrons. The highest BCUT2D eigenvalue weighted by Crippen LogP contribution is 2.29. The Morgan fingerprint density at radius 1 is 1.32 bits per heavy atom. The van der Waals surface area contributed by atoms with Gasteiger partial charge in [-0.3, -0.25) is 9.59 Å². The van der Waals surface area contributed by atoms with Gasteiger partial charge in [-0.2, -0.15) is 13.2 Å². The molecule has 5 nitrogen and oxygen atoms in total. The van der Waals surface area contributed by atoms with Gasteiger partial charge in [0.05, 0.1) is 12.3 Å². The minimum absolute atomic E-state index is 0.0368. The maximum Gasteiger partial charge on any atom is 0.406 e. The number of aromatic hydroxyl groups is 1. The number of carbonyl (C=O) groups excluding carboxylic acids is 1. The molecule has 1 aromatic rings. The van der Waals surface area contributed by atoms with Crippen molar-refractivity contribution in [1.82, 2.24) is 4.90 Å². The molecule has 1 amide bonds. The van der Waals surface area contributed by atoms with Gasteiger partial charge < -0.3 is 15.1 Å². The average molecular weight is 317 g/mol. The van der Waals surface area contributed by atoms with Crippen molar-refractivity contribution in [3.8, 4) is 5.75 Å². The third kappa shape index (κ3) is 3.90. The summed E-state index contributed by atoms with van der Waals surface area (Å²) < 4.78 is 37.9. The van der Waals surface area contributed by atoms with Crippen molar-refractivity contribution in [1.29, 1.82) is 0 Å². The maximum atomic E-state index is 12.6. The predicted octanol–water partition coefficient (Wildman–Crippen LogP) is 1.93. The zero-order valence-corrected chi connectivity index (χ0v) is 11.4. The van der Waals surface area contributed by atoms with Gasteiger partial charge in [0.15, 0.2) is 0 Å². The minimum Gasteiger partial charge on any atom is -0.508 e. The molecule has 1 heterocycles. The van der Waals surface area contributed by atoms with E-state index in [1.54, 1.807) is 0 Å². The van der Waals surface area contributed by atoms with Gasteiger partial charge in [-0.15, -0.1) is 0 Å². The molecule has 0 fully saturated rings. The van der Waals surface area contributed by atoms with E-state index < -0.39 is 36.9 Å². The van der Waals surface area contributed by atoms with E-state index in [9.17, 15) is 27.9 Å². The van der Waals surface area contributed by atoms with Crippen molar-refractivity contribution in [3.63, 3.8) is 0 Å². The van der Waals surface area contributed by atoms with E-state index in [1.165, 1.54) is 18.2 Å². The number of carboxylic acids is 1. The molecule has 0 saturated heterocycles. The fraction of sp³-hybridized carbons (Fsp3) is 0.429. The number of aliphatic carboxylic acids is 1. The number of hydrogen-bond donors (Lipinski definition) is 2. The second-order valence-corrected chi connectivity index (χ2v) is 5.26. The van der Waals surface area contributed by atoms with Crippen LogP contribution in [0.1, 0.15) is 17.5 Å². The Morgan fingerprint density at radius 2 is 2.00 bits per heavy atom. The zero-order valence-electron chi connectivity index (χ0n) is 11.4. The van der Waals surface area contributed by atoms with Crippen molar-refractivity contribution < 1.29 is 33.0 Å². The van der Waals surface area contributed by atoms with Gasteiger partial charge in [-0.05, 0) is 29.7 Å². The topological polar surface area (TPSA) is 77.8 Å². The van der Waals surface area contributed by atoms with E-state index >= 15 is 0 Å². The smallest absolute Gasteiger partial charge is 0.406 e. The second-order valence-electron chi connectivity index (χ2n) is 5.26. The summed E-state index contributed by atoms with van der Waals surface area (Å²) in [6.45, 7) is -1.75. The lowest BCUT2D eigenvalue weighted by Gasteiger charge is -2.25. The Kier molecular flexibility index (Phi) is 4.30. The first-order valence-corrected chi connectivity index (χ1v) is 6.54. The van der Waals surface area contributed by atoms with Crippen LogP contribution in [0.2, 0.25) is 0 Å². The average Bonchev–Trinajstić information content (AvgIpc) is 2.47. The highest BCUT2D eigenvalue weighted by molar-refractivity contribution is 5.84. The number of amides is 1. The molecule has 1 aromatic carbocycles. The molecule has 0 aromatic heterocycles. The van der Waals surface area contributed by atoms with E-state index in [0.29, 0.717) is 16.0 Å². The van der Waals surface area contributed by atoms with Crippen LogP contribution >= 0.6 is 0 Å². The van der Waals surface area contributed by atoms with Crippen molar-refractivity contribution in [3.05, 3.63) is 29.3 Å². The van der Waals surface area contributed by atoms with Gasteiger partial charge >= 0.3 is 12.1 Å². The fourth-order valence-corrected chi connectivity index (χ4v) is 2.57. The van der Waals surface area contributed by atoms with Crippen molar-refractivity contribution in [2.24, 2.45) is 5.92 Å². The largest absolute Gasteiger partial charge is 0.508 e. The number of rotatable bonds is 3. The van der Waals surface area contributed by atoms with Crippen LogP contribution in [0, 0.1) is 5.92 Å². The van der Waals surface area contributed by atoms with Crippen LogP contribution in [0.4, 0.5) is 13.2 Å². The first-order valence-electron chi connectivity index (χ1n) is 6.54. The van der Waals surface area contributed by atoms with Gasteiger partial charge in [0.25, 0.3) is 0 Å². The molecule has 2 N–H and O–H groups in total. The number of alkyl halides is 3. The van der Waals surface area contributed by atoms with Gasteiger partial charge in [0.2, 0.25) is 5.91 Å². The molecule has 0 bridgehead atoms. The first-order chi connectivity index (χ1) is 10.2. The monoisotopic (exact) mass is 317 g/mol. The third-order valence-electron chi connectivity index (χ3n) is 3.47. The molecule has 1 aliphatic rings. The molecule has 0 spiro atoms. The maximum absolute atomic E-state index is 12.6. The molecule has 22 heavy (non-hydrogen) atoms. The molecular weight excluding hydrogens is 303 g/mol. The number of phenolic OH excluding ortho intramolecular Hbond substituents is 1. The van der Waals surface area contributed by atoms with Crippen LogP contribution in [0.15, 0.2) is 18.2 Å². The molecule has 8 heteroatoms. The summed E-state index contributed by atoms with van der Waals surface area (Å²) in [6.07, 6.45) is -5.08. The number of halogens is 3. The van der Waals surface area contributed by atoms with Crippen LogP contribution in [0.5, 0.6) is 5.75 Å². The molecule has 2 rings (SSSR count). The number of hydrogen-bond acceptors (Lipinski definition) is 3. The highest BCUT2D eigenvalue weighted by Gasteiger charge is 2.38. The van der Waals surface area contributed by atoms with Crippen molar-refractivity contribution in [2.75, 3.05) is 6.54 Å². The number of carbonyl (C=O) groups is 2. The Hall–Kier alpha value is -2.25. The van der Waals surface area contributed by atoms with Crippen molar-refractivity contribution in [2.45, 2.75) is 25.6 Å². The van der Waals surface area contributed by atoms with Gasteiger partial charge in [0, 0.05) is 6.54 Å². The lowest BCUT2D eigenvalue weighted by atomic mass is 9.94. The predicted molar refractivity (Wildman–Crippen MR) is 69.0 cm³/mol. The summed E-state index contributed by atoms with van der Waals surface area (Å²) in [5, 5.41) is 18.3. The Balaban J connectivity index is 2.37. The molecule has 0 aliphatic carbocycles. The summed E-state index contributed by atoms with van der Waals surface area (Å²) in [7, 11) is 0. The number of nitrogens with zero attached hydrogens (tertiary/aromatic N) is 1. The number of benzene rings is 1. The minimum atomic E-state index is -4.58. The highest BCUT2D eigenvalue weighted by atomic mass is 19.4. The number of phenols is 1. The van der Waals surface area contributed by atoms with E-state index in [1.807, 2.05) is 0 Å². The van der Waals surface area contributed by atoms with Crippen LogP contribution in [0.3, 0.4) is 0 Å². The SMILES string of the molecule is O=C(O)C[C@H]1Cc2ccc(O)cc2CN(CC(F)(F)F)C1=O. The Bertz CT molecular complexity index is 600. The fourth-order valence-electron chi connectivity index (χ4n) is 2.57. The van der Waals surface area contributed by atoms with Gasteiger partial charge in [-0.25, -0.2) is 0 Å². The standard InChI is InChI=1S/C14H14F3NO4/c15-14(16,17)7-18-6-10-4-11(19)2-1-8(10)3-9(13(18)22)5-12(20)21/h1-2,4,9,19H,3,5-7H2,(H,20,21)/t9-/m1/s1. The molecule has 0 unspecified atom stereocenters. The summed E-state index contributed by atoms with van der Waals surface area (Å²) >= 11 is 0. The van der Waals surface area contributed by atoms with E-state index in [4.69, 9.17) is 5.11 Å². The van der Waals surface area contributed by atoms with Crippen LogP contribution < -0.4 is 0 Å². The second kappa shape index (κ2) is 5.86. The lowest BCUT2D eigenvalue weighted by Crippen LogP contribution is -2.41. The molecule has 1 aliphatic heterocycles. The quantitative estimate of drug-likeness (QED) is 0.893. The Morgan fingerprint density at radius 3 is 2.59 bits per heavy atom.